The van der Waals surface area contributed by atoms with Crippen LogP contribution in [-0.2, 0) is 0 Å². The highest BCUT2D eigenvalue weighted by Gasteiger charge is 2.07. The van der Waals surface area contributed by atoms with Crippen LogP contribution in [0.2, 0.25) is 0 Å². The Kier molecular flexibility index (Phi) is 4.19. The van der Waals surface area contributed by atoms with E-state index in [1.807, 2.05) is 13.0 Å². The second kappa shape index (κ2) is 5.42. The van der Waals surface area contributed by atoms with Gasteiger partial charge in [0, 0.05) is 6.08 Å². The Morgan fingerprint density at radius 1 is 1.60 bits per heavy atom. The van der Waals surface area contributed by atoms with Crippen molar-refractivity contribution in [2.45, 2.75) is 6.92 Å². The smallest absolute Gasteiger partial charge is 0.172 e. The van der Waals surface area contributed by atoms with Gasteiger partial charge in [-0.05, 0) is 46.6 Å². The number of nitrogens with zero attached hydrogens (tertiary/aromatic N) is 1. The molecule has 0 fully saturated rings. The number of phenols is 1. The zero-order valence-corrected chi connectivity index (χ0v) is 9.78. The van der Waals surface area contributed by atoms with Gasteiger partial charge in [-0.25, -0.2) is 0 Å². The van der Waals surface area contributed by atoms with Crippen LogP contribution in [0, 0.1) is 11.3 Å². The molecule has 78 valence electrons. The van der Waals surface area contributed by atoms with Crippen LogP contribution in [0.25, 0.3) is 6.08 Å². The van der Waals surface area contributed by atoms with Crippen molar-refractivity contribution in [2.24, 2.45) is 0 Å². The number of nitriles is 1. The molecule has 0 spiro atoms. The number of aromatic hydroxyl groups is 1. The molecule has 0 amide bonds. The maximum absolute atomic E-state index is 9.62. The van der Waals surface area contributed by atoms with Crippen LogP contribution in [0.15, 0.2) is 22.7 Å². The Balaban J connectivity index is 3.12. The standard InChI is InChI=1S/C11H10BrNO2/c1-2-15-10-7-8(4-3-5-13)6-9(12)11(10)14/h3-4,6-7,14H,2H2,1H3. The van der Waals surface area contributed by atoms with Gasteiger partial charge in [-0.1, -0.05) is 0 Å². The molecule has 0 radical (unpaired) electrons. The van der Waals surface area contributed by atoms with Gasteiger partial charge in [0.1, 0.15) is 0 Å². The molecule has 1 aromatic rings. The third-order valence-corrected chi connectivity index (χ3v) is 2.31. The first-order valence-corrected chi connectivity index (χ1v) is 5.19. The normalized spacial score (nSPS) is 10.2. The summed E-state index contributed by atoms with van der Waals surface area (Å²) in [6, 6.07) is 5.29. The summed E-state index contributed by atoms with van der Waals surface area (Å²) in [6.07, 6.45) is 3.02. The van der Waals surface area contributed by atoms with E-state index < -0.39 is 0 Å². The molecule has 0 aromatic heterocycles. The molecule has 0 aliphatic rings. The third kappa shape index (κ3) is 3.00. The first-order chi connectivity index (χ1) is 7.19. The molecule has 0 aliphatic heterocycles. The molecular formula is C11H10BrNO2. The molecule has 0 bridgehead atoms. The van der Waals surface area contributed by atoms with E-state index >= 15 is 0 Å². The molecule has 1 N–H and O–H groups in total. The summed E-state index contributed by atoms with van der Waals surface area (Å²) in [7, 11) is 0. The van der Waals surface area contributed by atoms with E-state index in [9.17, 15) is 5.11 Å². The maximum Gasteiger partial charge on any atom is 0.172 e. The van der Waals surface area contributed by atoms with Crippen LogP contribution in [0.1, 0.15) is 12.5 Å². The van der Waals surface area contributed by atoms with Gasteiger partial charge < -0.3 is 9.84 Å². The lowest BCUT2D eigenvalue weighted by Gasteiger charge is -2.08. The maximum atomic E-state index is 9.62. The minimum absolute atomic E-state index is 0.0750. The van der Waals surface area contributed by atoms with Crippen LogP contribution < -0.4 is 4.74 Å². The summed E-state index contributed by atoms with van der Waals surface area (Å²) in [5, 5.41) is 18.0. The quantitative estimate of drug-likeness (QED) is 0.857. The number of rotatable bonds is 3. The van der Waals surface area contributed by atoms with E-state index in [0.29, 0.717) is 16.8 Å². The summed E-state index contributed by atoms with van der Waals surface area (Å²) in [6.45, 7) is 2.32. The first kappa shape index (κ1) is 11.6. The number of allylic oxidation sites excluding steroid dienone is 1. The van der Waals surface area contributed by atoms with Crippen molar-refractivity contribution in [3.05, 3.63) is 28.2 Å². The molecule has 3 nitrogen and oxygen atoms in total. The number of phenolic OH excluding ortho intramolecular Hbond substituents is 1. The predicted molar refractivity (Wildman–Crippen MR) is 61.6 cm³/mol. The van der Waals surface area contributed by atoms with E-state index in [1.54, 1.807) is 18.2 Å². The molecule has 0 saturated carbocycles. The fourth-order valence-electron chi connectivity index (χ4n) is 1.09. The van der Waals surface area contributed by atoms with Crippen LogP contribution in [-0.4, -0.2) is 11.7 Å². The van der Waals surface area contributed by atoms with Gasteiger partial charge in [0.2, 0.25) is 0 Å². The van der Waals surface area contributed by atoms with Crippen LogP contribution in [0.5, 0.6) is 11.5 Å². The number of benzene rings is 1. The van der Waals surface area contributed by atoms with Crippen LogP contribution in [0.4, 0.5) is 0 Å². The molecule has 1 rings (SSSR count). The lowest BCUT2D eigenvalue weighted by Crippen LogP contribution is -1.92. The van der Waals surface area contributed by atoms with Gasteiger partial charge in [-0.2, -0.15) is 5.26 Å². The van der Waals surface area contributed by atoms with Crippen molar-refractivity contribution in [2.75, 3.05) is 6.61 Å². The fraction of sp³-hybridized carbons (Fsp3) is 0.182. The second-order valence-electron chi connectivity index (χ2n) is 2.74. The van der Waals surface area contributed by atoms with Crippen LogP contribution in [0.3, 0.4) is 0 Å². The zero-order valence-electron chi connectivity index (χ0n) is 8.20. The SMILES string of the molecule is CCOc1cc(C=CC#N)cc(Br)c1O. The number of halogens is 1. The van der Waals surface area contributed by atoms with Crippen LogP contribution >= 0.6 is 15.9 Å². The molecule has 0 unspecified atom stereocenters. The van der Waals surface area contributed by atoms with Gasteiger partial charge in [0.05, 0.1) is 17.1 Å². The van der Waals surface area contributed by atoms with E-state index in [1.165, 1.54) is 6.08 Å². The molecule has 0 atom stereocenters. The van der Waals surface area contributed by atoms with Crippen molar-refractivity contribution in [3.63, 3.8) is 0 Å². The van der Waals surface area contributed by atoms with Gasteiger partial charge in [0.25, 0.3) is 0 Å². The molecule has 0 aliphatic carbocycles. The average Bonchev–Trinajstić information content (AvgIpc) is 2.22. The Bertz CT molecular complexity index is 421. The van der Waals surface area contributed by atoms with Gasteiger partial charge in [0.15, 0.2) is 11.5 Å². The summed E-state index contributed by atoms with van der Waals surface area (Å²) in [4.78, 5) is 0. The topological polar surface area (TPSA) is 53.2 Å². The second-order valence-corrected chi connectivity index (χ2v) is 3.60. The lowest BCUT2D eigenvalue weighted by atomic mass is 10.2. The van der Waals surface area contributed by atoms with Crippen molar-refractivity contribution in [1.82, 2.24) is 0 Å². The number of hydrogen-bond donors (Lipinski definition) is 1. The Labute approximate surface area is 96.7 Å². The zero-order chi connectivity index (χ0) is 11.3. The highest BCUT2D eigenvalue weighted by atomic mass is 79.9. The minimum Gasteiger partial charge on any atom is -0.503 e. The summed E-state index contributed by atoms with van der Waals surface area (Å²) < 4.78 is 5.79. The van der Waals surface area contributed by atoms with Gasteiger partial charge >= 0.3 is 0 Å². The summed E-state index contributed by atoms with van der Waals surface area (Å²) >= 11 is 3.21. The van der Waals surface area contributed by atoms with Crippen molar-refractivity contribution in [3.8, 4) is 17.6 Å². The van der Waals surface area contributed by atoms with Crippen molar-refractivity contribution in [1.29, 1.82) is 5.26 Å². The monoisotopic (exact) mass is 267 g/mol. The molecule has 1 aromatic carbocycles. The molecule has 15 heavy (non-hydrogen) atoms. The van der Waals surface area contributed by atoms with E-state index in [4.69, 9.17) is 10.00 Å². The highest BCUT2D eigenvalue weighted by molar-refractivity contribution is 9.10. The minimum atomic E-state index is 0.0750. The first-order valence-electron chi connectivity index (χ1n) is 4.40. The Hall–Kier alpha value is -1.47. The predicted octanol–water partition coefficient (Wildman–Crippen LogP) is 3.09. The molecule has 0 saturated heterocycles. The highest BCUT2D eigenvalue weighted by Crippen LogP contribution is 2.35. The van der Waals surface area contributed by atoms with Crippen molar-refractivity contribution >= 4 is 22.0 Å². The Morgan fingerprint density at radius 3 is 2.93 bits per heavy atom. The number of hydrogen-bond acceptors (Lipinski definition) is 3. The van der Waals surface area contributed by atoms with Gasteiger partial charge in [-0.3, -0.25) is 0 Å². The average molecular weight is 268 g/mol. The lowest BCUT2D eigenvalue weighted by molar-refractivity contribution is 0.317. The van der Waals surface area contributed by atoms with Crippen molar-refractivity contribution < 1.29 is 9.84 Å². The Morgan fingerprint density at radius 2 is 2.33 bits per heavy atom. The van der Waals surface area contributed by atoms with E-state index in [-0.39, 0.29) is 5.75 Å². The largest absolute Gasteiger partial charge is 0.503 e. The summed E-state index contributed by atoms with van der Waals surface area (Å²) in [5.41, 5.74) is 0.796. The molecular weight excluding hydrogens is 258 g/mol. The third-order valence-electron chi connectivity index (χ3n) is 1.70. The molecule has 0 heterocycles. The summed E-state index contributed by atoms with van der Waals surface area (Å²) in [5.74, 6) is 0.482. The number of ether oxygens (including phenoxy) is 1. The van der Waals surface area contributed by atoms with Gasteiger partial charge in [-0.15, -0.1) is 0 Å². The molecule has 4 heteroatoms. The fourth-order valence-corrected chi connectivity index (χ4v) is 1.55. The van der Waals surface area contributed by atoms with E-state index in [2.05, 4.69) is 15.9 Å². The van der Waals surface area contributed by atoms with E-state index in [0.717, 1.165) is 5.56 Å².